The molecule has 0 radical (unpaired) electrons. The van der Waals surface area contributed by atoms with Gasteiger partial charge in [0.05, 0.1) is 5.52 Å². The van der Waals surface area contributed by atoms with Crippen molar-refractivity contribution in [3.8, 4) is 0 Å². The molecule has 0 aliphatic heterocycles. The molecule has 1 aromatic carbocycles. The maximum Gasteiger partial charge on any atom is 0.272 e. The maximum atomic E-state index is 12.2. The number of para-hydroxylation sites is 1. The smallest absolute Gasteiger partial charge is 0.272 e. The third kappa shape index (κ3) is 2.11. The van der Waals surface area contributed by atoms with Gasteiger partial charge < -0.3 is 5.32 Å². The number of nitrogens with one attached hydrogen (secondary N) is 2. The van der Waals surface area contributed by atoms with Gasteiger partial charge >= 0.3 is 0 Å². The minimum atomic E-state index is -0.0721. The number of hydrogen-bond acceptors (Lipinski definition) is 2. The standard InChI is InChI=1S/C15H19N3O/c1-2-15(8-5-9-15)10-16-14(19)13-11-6-3-4-7-12(11)17-18-13/h3-4,6-7H,2,5,8-10H2,1H3,(H,16,19)(H,17,18). The van der Waals surface area contributed by atoms with E-state index in [1.54, 1.807) is 0 Å². The molecule has 100 valence electrons. The van der Waals surface area contributed by atoms with Crippen LogP contribution >= 0.6 is 0 Å². The zero-order valence-corrected chi connectivity index (χ0v) is 11.2. The number of aromatic amines is 1. The minimum absolute atomic E-state index is 0.0721. The second-order valence-corrected chi connectivity index (χ2v) is 5.51. The molecule has 1 aliphatic carbocycles. The zero-order chi connectivity index (χ0) is 13.3. The van der Waals surface area contributed by atoms with Crippen molar-refractivity contribution in [3.05, 3.63) is 30.0 Å². The molecular formula is C15H19N3O. The number of benzene rings is 1. The van der Waals surface area contributed by atoms with Gasteiger partial charge in [0.1, 0.15) is 0 Å². The molecule has 4 heteroatoms. The van der Waals surface area contributed by atoms with Crippen molar-refractivity contribution in [2.24, 2.45) is 5.41 Å². The van der Waals surface area contributed by atoms with Crippen LogP contribution in [0.4, 0.5) is 0 Å². The molecule has 0 saturated heterocycles. The Morgan fingerprint density at radius 2 is 2.21 bits per heavy atom. The van der Waals surface area contributed by atoms with Crippen LogP contribution in [-0.2, 0) is 0 Å². The SMILES string of the molecule is CCC1(CNC(=O)c2n[nH]c3ccccc23)CCC1. The minimum Gasteiger partial charge on any atom is -0.350 e. The van der Waals surface area contributed by atoms with Crippen molar-refractivity contribution in [1.82, 2.24) is 15.5 Å². The van der Waals surface area contributed by atoms with E-state index in [9.17, 15) is 4.79 Å². The Morgan fingerprint density at radius 3 is 2.89 bits per heavy atom. The van der Waals surface area contributed by atoms with E-state index in [1.165, 1.54) is 19.3 Å². The summed E-state index contributed by atoms with van der Waals surface area (Å²) in [5, 5.41) is 11.0. The van der Waals surface area contributed by atoms with Gasteiger partial charge in [-0.2, -0.15) is 5.10 Å². The lowest BCUT2D eigenvalue weighted by Crippen LogP contribution is -2.41. The monoisotopic (exact) mass is 257 g/mol. The highest BCUT2D eigenvalue weighted by Crippen LogP contribution is 2.43. The van der Waals surface area contributed by atoms with Gasteiger partial charge in [-0.05, 0) is 30.7 Å². The number of nitrogens with zero attached hydrogens (tertiary/aromatic N) is 1. The molecule has 19 heavy (non-hydrogen) atoms. The summed E-state index contributed by atoms with van der Waals surface area (Å²) in [7, 11) is 0. The molecule has 1 saturated carbocycles. The highest BCUT2D eigenvalue weighted by molar-refractivity contribution is 6.04. The summed E-state index contributed by atoms with van der Waals surface area (Å²) in [4.78, 5) is 12.2. The fourth-order valence-electron chi connectivity index (χ4n) is 2.82. The van der Waals surface area contributed by atoms with Crippen LogP contribution in [0.25, 0.3) is 10.9 Å². The molecule has 0 spiro atoms. The molecule has 1 amide bonds. The summed E-state index contributed by atoms with van der Waals surface area (Å²) in [6, 6.07) is 7.71. The Morgan fingerprint density at radius 1 is 1.42 bits per heavy atom. The zero-order valence-electron chi connectivity index (χ0n) is 11.2. The molecule has 1 aliphatic rings. The first-order valence-corrected chi connectivity index (χ1v) is 6.95. The van der Waals surface area contributed by atoms with Crippen LogP contribution in [0.1, 0.15) is 43.1 Å². The quantitative estimate of drug-likeness (QED) is 0.884. The van der Waals surface area contributed by atoms with Crippen molar-refractivity contribution >= 4 is 16.8 Å². The van der Waals surface area contributed by atoms with Crippen molar-refractivity contribution in [1.29, 1.82) is 0 Å². The van der Waals surface area contributed by atoms with Gasteiger partial charge in [-0.3, -0.25) is 9.89 Å². The second-order valence-electron chi connectivity index (χ2n) is 5.51. The number of aromatic nitrogens is 2. The van der Waals surface area contributed by atoms with E-state index in [0.29, 0.717) is 11.1 Å². The summed E-state index contributed by atoms with van der Waals surface area (Å²) < 4.78 is 0. The maximum absolute atomic E-state index is 12.2. The molecule has 1 aromatic heterocycles. The number of carbonyl (C=O) groups excluding carboxylic acids is 1. The van der Waals surface area contributed by atoms with E-state index in [0.717, 1.165) is 23.9 Å². The van der Waals surface area contributed by atoms with Crippen molar-refractivity contribution < 1.29 is 4.79 Å². The van der Waals surface area contributed by atoms with Crippen molar-refractivity contribution in [2.45, 2.75) is 32.6 Å². The Balaban J connectivity index is 1.73. The second kappa shape index (κ2) is 4.68. The molecule has 2 N–H and O–H groups in total. The number of fused-ring (bicyclic) bond motifs is 1. The van der Waals surface area contributed by atoms with Gasteiger partial charge in [0, 0.05) is 11.9 Å². The molecule has 0 atom stereocenters. The Kier molecular flexibility index (Phi) is 3.01. The van der Waals surface area contributed by atoms with Gasteiger partial charge in [-0.1, -0.05) is 31.5 Å². The van der Waals surface area contributed by atoms with E-state index in [1.807, 2.05) is 24.3 Å². The van der Waals surface area contributed by atoms with Gasteiger partial charge in [-0.15, -0.1) is 0 Å². The molecule has 3 rings (SSSR count). The number of amides is 1. The summed E-state index contributed by atoms with van der Waals surface area (Å²) in [6.07, 6.45) is 4.87. The number of rotatable bonds is 4. The van der Waals surface area contributed by atoms with Crippen molar-refractivity contribution in [3.63, 3.8) is 0 Å². The van der Waals surface area contributed by atoms with E-state index >= 15 is 0 Å². The molecule has 1 heterocycles. The largest absolute Gasteiger partial charge is 0.350 e. The van der Waals surface area contributed by atoms with Gasteiger partial charge in [0.2, 0.25) is 0 Å². The van der Waals surface area contributed by atoms with E-state index < -0.39 is 0 Å². The Labute approximate surface area is 112 Å². The normalized spacial score (nSPS) is 17.1. The average molecular weight is 257 g/mol. The summed E-state index contributed by atoms with van der Waals surface area (Å²) >= 11 is 0. The van der Waals surface area contributed by atoms with Crippen LogP contribution in [0, 0.1) is 5.41 Å². The number of H-pyrrole nitrogens is 1. The van der Waals surface area contributed by atoms with Gasteiger partial charge in [0.25, 0.3) is 5.91 Å². The van der Waals surface area contributed by atoms with Gasteiger partial charge in [0.15, 0.2) is 5.69 Å². The molecular weight excluding hydrogens is 238 g/mol. The third-order valence-electron chi connectivity index (χ3n) is 4.47. The summed E-state index contributed by atoms with van der Waals surface area (Å²) in [5.74, 6) is -0.0721. The highest BCUT2D eigenvalue weighted by Gasteiger charge is 2.35. The molecule has 0 unspecified atom stereocenters. The van der Waals surface area contributed by atoms with Crippen LogP contribution in [0.2, 0.25) is 0 Å². The third-order valence-corrected chi connectivity index (χ3v) is 4.47. The predicted molar refractivity (Wildman–Crippen MR) is 75.0 cm³/mol. The number of hydrogen-bond donors (Lipinski definition) is 2. The molecule has 4 nitrogen and oxygen atoms in total. The fourth-order valence-corrected chi connectivity index (χ4v) is 2.82. The first-order chi connectivity index (χ1) is 9.24. The lowest BCUT2D eigenvalue weighted by molar-refractivity contribution is 0.0847. The van der Waals surface area contributed by atoms with E-state index in [2.05, 4.69) is 22.4 Å². The Bertz CT molecular complexity index is 593. The van der Waals surface area contributed by atoms with Crippen LogP contribution in [-0.4, -0.2) is 22.6 Å². The first-order valence-electron chi connectivity index (χ1n) is 6.95. The summed E-state index contributed by atoms with van der Waals surface area (Å²) in [5.41, 5.74) is 1.74. The lowest BCUT2D eigenvalue weighted by Gasteiger charge is -2.41. The molecule has 1 fully saturated rings. The lowest BCUT2D eigenvalue weighted by atomic mass is 9.67. The molecule has 0 bridgehead atoms. The summed E-state index contributed by atoms with van der Waals surface area (Å²) in [6.45, 7) is 2.97. The van der Waals surface area contributed by atoms with Crippen LogP contribution in [0.15, 0.2) is 24.3 Å². The molecule has 2 aromatic rings. The predicted octanol–water partition coefficient (Wildman–Crippen LogP) is 2.87. The van der Waals surface area contributed by atoms with Crippen molar-refractivity contribution in [2.75, 3.05) is 6.54 Å². The van der Waals surface area contributed by atoms with Crippen LogP contribution in [0.5, 0.6) is 0 Å². The van der Waals surface area contributed by atoms with Gasteiger partial charge in [-0.25, -0.2) is 0 Å². The Hall–Kier alpha value is -1.84. The topological polar surface area (TPSA) is 57.8 Å². The highest BCUT2D eigenvalue weighted by atomic mass is 16.1. The van der Waals surface area contributed by atoms with Crippen LogP contribution in [0.3, 0.4) is 0 Å². The van der Waals surface area contributed by atoms with E-state index in [4.69, 9.17) is 0 Å². The average Bonchev–Trinajstić information content (AvgIpc) is 2.81. The van der Waals surface area contributed by atoms with Crippen LogP contribution < -0.4 is 5.32 Å². The van der Waals surface area contributed by atoms with E-state index in [-0.39, 0.29) is 5.91 Å². The number of carbonyl (C=O) groups is 1. The fraction of sp³-hybridized carbons (Fsp3) is 0.467. The first kappa shape index (κ1) is 12.2.